The Labute approximate surface area is 173 Å². The van der Waals surface area contributed by atoms with E-state index in [4.69, 9.17) is 4.42 Å². The highest BCUT2D eigenvalue weighted by Crippen LogP contribution is 2.23. The lowest BCUT2D eigenvalue weighted by Gasteiger charge is -2.09. The van der Waals surface area contributed by atoms with Gasteiger partial charge in [0, 0.05) is 43.1 Å². The maximum Gasteiger partial charge on any atom is 0.285 e. The molecule has 0 fully saturated rings. The average molecular weight is 410 g/mol. The Hall–Kier alpha value is -3.13. The summed E-state index contributed by atoms with van der Waals surface area (Å²) in [6, 6.07) is 14.9. The van der Waals surface area contributed by atoms with Gasteiger partial charge in [0.05, 0.1) is 0 Å². The van der Waals surface area contributed by atoms with E-state index in [1.807, 2.05) is 31.2 Å². The van der Waals surface area contributed by atoms with Crippen molar-refractivity contribution in [2.45, 2.75) is 24.7 Å². The summed E-state index contributed by atoms with van der Waals surface area (Å²) in [4.78, 5) is 26.2. The van der Waals surface area contributed by atoms with E-state index < -0.39 is 0 Å². The molecule has 29 heavy (non-hydrogen) atoms. The highest BCUT2D eigenvalue weighted by molar-refractivity contribution is 8.13. The van der Waals surface area contributed by atoms with E-state index >= 15 is 0 Å². The van der Waals surface area contributed by atoms with Crippen LogP contribution in [-0.4, -0.2) is 40.3 Å². The third kappa shape index (κ3) is 5.92. The van der Waals surface area contributed by atoms with Crippen molar-refractivity contribution in [1.29, 1.82) is 0 Å². The Kier molecular flexibility index (Phi) is 6.66. The van der Waals surface area contributed by atoms with E-state index in [9.17, 15) is 9.59 Å². The van der Waals surface area contributed by atoms with Gasteiger partial charge in [0.25, 0.3) is 5.24 Å². The zero-order chi connectivity index (χ0) is 20.8. The number of nitrogens with one attached hydrogen (secondary N) is 1. The number of benzene rings is 2. The van der Waals surface area contributed by atoms with Crippen LogP contribution in [-0.2, 0) is 11.2 Å². The number of thioether (sulfide) groups is 1. The molecular formula is C21H22N4O3S. The normalized spacial score (nSPS) is 10.6. The van der Waals surface area contributed by atoms with Crippen molar-refractivity contribution >= 4 is 28.6 Å². The third-order valence-corrected chi connectivity index (χ3v) is 5.09. The van der Waals surface area contributed by atoms with Crippen LogP contribution in [0.15, 0.2) is 57.8 Å². The van der Waals surface area contributed by atoms with Gasteiger partial charge in [0.15, 0.2) is 0 Å². The first-order valence-corrected chi connectivity index (χ1v) is 9.91. The van der Waals surface area contributed by atoms with Crippen molar-refractivity contribution in [1.82, 2.24) is 15.1 Å². The number of hydrogen-bond donors (Lipinski definition) is 1. The first kappa shape index (κ1) is 20.6. The van der Waals surface area contributed by atoms with Crippen molar-refractivity contribution in [2.75, 3.05) is 19.4 Å². The summed E-state index contributed by atoms with van der Waals surface area (Å²) in [5.74, 6) is 0.718. The summed E-state index contributed by atoms with van der Waals surface area (Å²) in [5, 5.41) is 10.8. The third-order valence-electron chi connectivity index (χ3n) is 4.04. The van der Waals surface area contributed by atoms with Gasteiger partial charge in [-0.05, 0) is 55.1 Å². The van der Waals surface area contributed by atoms with Crippen LogP contribution in [0.3, 0.4) is 0 Å². The molecule has 0 radical (unpaired) electrons. The van der Waals surface area contributed by atoms with Gasteiger partial charge in [-0.3, -0.25) is 9.59 Å². The highest BCUT2D eigenvalue weighted by Gasteiger charge is 2.11. The minimum atomic E-state index is -0.148. The average Bonchev–Trinajstić information content (AvgIpc) is 3.17. The molecule has 0 spiro atoms. The van der Waals surface area contributed by atoms with Crippen LogP contribution in [0.4, 0.5) is 10.5 Å². The lowest BCUT2D eigenvalue weighted by atomic mass is 10.1. The maximum atomic E-state index is 12.2. The summed E-state index contributed by atoms with van der Waals surface area (Å²) in [6.45, 7) is 2.01. The first-order valence-electron chi connectivity index (χ1n) is 9.09. The zero-order valence-electron chi connectivity index (χ0n) is 16.5. The molecular weight excluding hydrogens is 388 g/mol. The fourth-order valence-electron chi connectivity index (χ4n) is 2.41. The standard InChI is InChI=1S/C21H22N4O3S/c1-14-4-6-15(7-5-14)20-24-23-19(28-20)13-12-18(26)22-16-8-10-17(11-9-16)29-21(27)25(2)3/h4-11H,12-13H2,1-3H3,(H,22,26). The second-order valence-electron chi connectivity index (χ2n) is 6.70. The molecule has 0 atom stereocenters. The summed E-state index contributed by atoms with van der Waals surface area (Å²) >= 11 is 1.13. The van der Waals surface area contributed by atoms with Crippen molar-refractivity contribution in [3.63, 3.8) is 0 Å². The van der Waals surface area contributed by atoms with Crippen LogP contribution in [0.1, 0.15) is 17.9 Å². The quantitative estimate of drug-likeness (QED) is 0.606. The summed E-state index contributed by atoms with van der Waals surface area (Å²) in [5.41, 5.74) is 2.67. The van der Waals surface area contributed by atoms with Gasteiger partial charge in [0.1, 0.15) is 0 Å². The second-order valence-corrected chi connectivity index (χ2v) is 7.73. The first-order chi connectivity index (χ1) is 13.9. The zero-order valence-corrected chi connectivity index (χ0v) is 17.3. The van der Waals surface area contributed by atoms with Gasteiger partial charge in [-0.15, -0.1) is 10.2 Å². The number of amides is 2. The number of anilines is 1. The van der Waals surface area contributed by atoms with Crippen molar-refractivity contribution in [2.24, 2.45) is 0 Å². The van der Waals surface area contributed by atoms with Gasteiger partial charge in [-0.2, -0.15) is 0 Å². The maximum absolute atomic E-state index is 12.2. The minimum Gasteiger partial charge on any atom is -0.421 e. The number of rotatable bonds is 6. The van der Waals surface area contributed by atoms with Gasteiger partial charge in [0.2, 0.25) is 17.7 Å². The molecule has 8 heteroatoms. The van der Waals surface area contributed by atoms with E-state index in [0.717, 1.165) is 27.8 Å². The molecule has 1 N–H and O–H groups in total. The lowest BCUT2D eigenvalue weighted by Crippen LogP contribution is -2.16. The topological polar surface area (TPSA) is 88.3 Å². The van der Waals surface area contributed by atoms with Crippen molar-refractivity contribution in [3.8, 4) is 11.5 Å². The number of hydrogen-bond acceptors (Lipinski definition) is 6. The van der Waals surface area contributed by atoms with Crippen LogP contribution in [0.2, 0.25) is 0 Å². The minimum absolute atomic E-state index is 0.0497. The Balaban J connectivity index is 1.50. The monoisotopic (exact) mass is 410 g/mol. The Morgan fingerprint density at radius 3 is 2.38 bits per heavy atom. The van der Waals surface area contributed by atoms with Crippen molar-refractivity contribution in [3.05, 3.63) is 60.0 Å². The molecule has 0 saturated heterocycles. The van der Waals surface area contributed by atoms with E-state index in [0.29, 0.717) is 23.9 Å². The molecule has 3 aromatic rings. The van der Waals surface area contributed by atoms with E-state index in [1.54, 1.807) is 38.4 Å². The summed E-state index contributed by atoms with van der Waals surface area (Å²) in [7, 11) is 3.41. The van der Waals surface area contributed by atoms with Crippen LogP contribution >= 0.6 is 11.8 Å². The number of aryl methyl sites for hydroxylation is 2. The number of carbonyl (C=O) groups is 2. The molecule has 3 rings (SSSR count). The molecule has 0 saturated carbocycles. The lowest BCUT2D eigenvalue weighted by molar-refractivity contribution is -0.116. The second kappa shape index (κ2) is 9.38. The van der Waals surface area contributed by atoms with Crippen molar-refractivity contribution < 1.29 is 14.0 Å². The number of carbonyl (C=O) groups excluding carboxylic acids is 2. The van der Waals surface area contributed by atoms with Crippen LogP contribution in [0.5, 0.6) is 0 Å². The molecule has 1 heterocycles. The Morgan fingerprint density at radius 1 is 1.03 bits per heavy atom. The molecule has 150 valence electrons. The molecule has 0 aliphatic carbocycles. The highest BCUT2D eigenvalue weighted by atomic mass is 32.2. The van der Waals surface area contributed by atoms with Gasteiger partial charge < -0.3 is 14.6 Å². The van der Waals surface area contributed by atoms with Gasteiger partial charge in [-0.25, -0.2) is 0 Å². The predicted molar refractivity (Wildman–Crippen MR) is 113 cm³/mol. The predicted octanol–water partition coefficient (Wildman–Crippen LogP) is 4.39. The fraction of sp³-hybridized carbons (Fsp3) is 0.238. The summed E-state index contributed by atoms with van der Waals surface area (Å²) in [6.07, 6.45) is 0.584. The van der Waals surface area contributed by atoms with E-state index in [1.165, 1.54) is 4.90 Å². The molecule has 2 amide bonds. The molecule has 0 aliphatic rings. The van der Waals surface area contributed by atoms with E-state index in [-0.39, 0.29) is 17.6 Å². The van der Waals surface area contributed by atoms with Crippen LogP contribution < -0.4 is 5.32 Å². The molecule has 7 nitrogen and oxygen atoms in total. The molecule has 0 bridgehead atoms. The van der Waals surface area contributed by atoms with Gasteiger partial charge >= 0.3 is 0 Å². The summed E-state index contributed by atoms with van der Waals surface area (Å²) < 4.78 is 5.64. The van der Waals surface area contributed by atoms with Crippen LogP contribution in [0, 0.1) is 6.92 Å². The largest absolute Gasteiger partial charge is 0.421 e. The molecule has 0 aliphatic heterocycles. The fourth-order valence-corrected chi connectivity index (χ4v) is 3.07. The Morgan fingerprint density at radius 2 is 1.72 bits per heavy atom. The van der Waals surface area contributed by atoms with E-state index in [2.05, 4.69) is 15.5 Å². The molecule has 2 aromatic carbocycles. The van der Waals surface area contributed by atoms with Crippen LogP contribution in [0.25, 0.3) is 11.5 Å². The Bertz CT molecular complexity index is 982. The van der Waals surface area contributed by atoms with Gasteiger partial charge in [-0.1, -0.05) is 17.7 Å². The molecule has 1 aromatic heterocycles. The molecule has 0 unspecified atom stereocenters. The SMILES string of the molecule is Cc1ccc(-c2nnc(CCC(=O)Nc3ccc(SC(=O)N(C)C)cc3)o2)cc1. The number of nitrogens with zero attached hydrogens (tertiary/aromatic N) is 3. The number of aromatic nitrogens is 2. The smallest absolute Gasteiger partial charge is 0.285 e.